The van der Waals surface area contributed by atoms with Crippen LogP contribution >= 0.6 is 34.7 Å². The van der Waals surface area contributed by atoms with Crippen LogP contribution < -0.4 is 10.3 Å². The van der Waals surface area contributed by atoms with Crippen LogP contribution in [0.5, 0.6) is 0 Å². The summed E-state index contributed by atoms with van der Waals surface area (Å²) in [5, 5.41) is 8.14. The molecule has 2 aliphatic rings. The van der Waals surface area contributed by atoms with Gasteiger partial charge in [0.25, 0.3) is 5.91 Å². The molecule has 32 heavy (non-hydrogen) atoms. The topological polar surface area (TPSA) is 47.9 Å². The number of thioether (sulfide) groups is 1. The Morgan fingerprint density at radius 1 is 1.16 bits per heavy atom. The zero-order valence-corrected chi connectivity index (χ0v) is 20.2. The Morgan fingerprint density at radius 3 is 2.72 bits per heavy atom. The SMILES string of the molecule is CC(C)c1ccc(CN2C(=O)c3sccc3N3C(SCc4cccc(Cl)c4)=NNC23)cc1. The summed E-state index contributed by atoms with van der Waals surface area (Å²) in [5.74, 6) is 1.26. The highest BCUT2D eigenvalue weighted by Crippen LogP contribution is 2.39. The van der Waals surface area contributed by atoms with Crippen LogP contribution in [0.3, 0.4) is 0 Å². The van der Waals surface area contributed by atoms with Crippen LogP contribution in [0.15, 0.2) is 65.1 Å². The quantitative estimate of drug-likeness (QED) is 0.478. The fourth-order valence-corrected chi connectivity index (χ4v) is 5.89. The minimum atomic E-state index is -0.337. The van der Waals surface area contributed by atoms with Crippen molar-refractivity contribution in [3.05, 3.63) is 86.6 Å². The average Bonchev–Trinajstić information content (AvgIpc) is 3.43. The molecule has 8 heteroatoms. The van der Waals surface area contributed by atoms with Gasteiger partial charge in [-0.15, -0.1) is 11.3 Å². The van der Waals surface area contributed by atoms with Crippen LogP contribution in [0.25, 0.3) is 0 Å². The molecule has 1 amide bonds. The highest BCUT2D eigenvalue weighted by Gasteiger charge is 2.43. The maximum absolute atomic E-state index is 13.3. The van der Waals surface area contributed by atoms with Gasteiger partial charge in [-0.25, -0.2) is 0 Å². The molecule has 0 spiro atoms. The van der Waals surface area contributed by atoms with Gasteiger partial charge in [-0.2, -0.15) is 5.10 Å². The van der Waals surface area contributed by atoms with Gasteiger partial charge in [0.15, 0.2) is 5.17 Å². The number of thiophene rings is 1. The van der Waals surface area contributed by atoms with E-state index >= 15 is 0 Å². The number of fused-ring (bicyclic) bond motifs is 3. The molecule has 3 heterocycles. The van der Waals surface area contributed by atoms with E-state index in [1.165, 1.54) is 16.9 Å². The predicted molar refractivity (Wildman–Crippen MR) is 134 cm³/mol. The molecule has 3 aromatic rings. The van der Waals surface area contributed by atoms with Crippen LogP contribution in [-0.2, 0) is 12.3 Å². The average molecular weight is 483 g/mol. The van der Waals surface area contributed by atoms with Gasteiger partial charge in [0.05, 0.1) is 5.69 Å². The van der Waals surface area contributed by atoms with Gasteiger partial charge in [-0.3, -0.25) is 20.0 Å². The van der Waals surface area contributed by atoms with E-state index in [0.717, 1.165) is 37.6 Å². The van der Waals surface area contributed by atoms with Gasteiger partial charge in [0.1, 0.15) is 4.88 Å². The Morgan fingerprint density at radius 2 is 1.97 bits per heavy atom. The predicted octanol–water partition coefficient (Wildman–Crippen LogP) is 6.08. The van der Waals surface area contributed by atoms with E-state index in [4.69, 9.17) is 11.6 Å². The van der Waals surface area contributed by atoms with Crippen molar-refractivity contribution in [3.8, 4) is 0 Å². The first-order chi connectivity index (χ1) is 15.5. The summed E-state index contributed by atoms with van der Waals surface area (Å²) in [5.41, 5.74) is 7.64. The van der Waals surface area contributed by atoms with E-state index in [0.29, 0.717) is 12.5 Å². The number of amidine groups is 1. The maximum atomic E-state index is 13.3. The summed E-state index contributed by atoms with van der Waals surface area (Å²) < 4.78 is 0. The Balaban J connectivity index is 1.38. The Labute approximate surface area is 201 Å². The first-order valence-electron chi connectivity index (χ1n) is 10.5. The lowest BCUT2D eigenvalue weighted by Gasteiger charge is -2.39. The van der Waals surface area contributed by atoms with E-state index in [-0.39, 0.29) is 12.2 Å². The molecular formula is C24H23ClN4OS2. The minimum absolute atomic E-state index is 0.0352. The van der Waals surface area contributed by atoms with Crippen molar-refractivity contribution < 1.29 is 4.79 Å². The molecule has 5 nitrogen and oxygen atoms in total. The van der Waals surface area contributed by atoms with Crippen LogP contribution in [0, 0.1) is 0 Å². The monoisotopic (exact) mass is 482 g/mol. The van der Waals surface area contributed by atoms with Gasteiger partial charge < -0.3 is 0 Å². The van der Waals surface area contributed by atoms with Gasteiger partial charge >= 0.3 is 0 Å². The number of hydrogen-bond donors (Lipinski definition) is 1. The second-order valence-corrected chi connectivity index (χ2v) is 10.4. The van der Waals surface area contributed by atoms with E-state index in [2.05, 4.69) is 59.6 Å². The fraction of sp³-hybridized carbons (Fsp3) is 0.250. The van der Waals surface area contributed by atoms with E-state index in [1.54, 1.807) is 11.8 Å². The molecule has 1 aromatic heterocycles. The number of carbonyl (C=O) groups excluding carboxylic acids is 1. The molecule has 1 N–H and O–H groups in total. The largest absolute Gasteiger partial charge is 0.294 e. The molecule has 5 rings (SSSR count). The van der Waals surface area contributed by atoms with E-state index < -0.39 is 0 Å². The molecule has 0 aliphatic carbocycles. The van der Waals surface area contributed by atoms with Crippen LogP contribution in [0.1, 0.15) is 46.1 Å². The lowest BCUT2D eigenvalue weighted by Crippen LogP contribution is -2.57. The number of nitrogens with one attached hydrogen (secondary N) is 1. The lowest BCUT2D eigenvalue weighted by molar-refractivity contribution is 0.0629. The van der Waals surface area contributed by atoms with Gasteiger partial charge in [0.2, 0.25) is 6.29 Å². The lowest BCUT2D eigenvalue weighted by atomic mass is 10.0. The summed E-state index contributed by atoms with van der Waals surface area (Å²) in [6.45, 7) is 4.88. The standard InChI is InChI=1S/C24H23ClN4OS2/c1-15(2)18-8-6-16(7-9-18)13-28-22(30)21-20(10-11-31-21)29-23(28)26-27-24(29)32-14-17-4-3-5-19(25)12-17/h3-12,15,23,26H,13-14H2,1-2H3. The van der Waals surface area contributed by atoms with Gasteiger partial charge in [0, 0.05) is 17.3 Å². The second kappa shape index (κ2) is 8.81. The number of halogens is 1. The maximum Gasteiger partial charge on any atom is 0.269 e. The van der Waals surface area contributed by atoms with Crippen molar-refractivity contribution >= 4 is 51.5 Å². The van der Waals surface area contributed by atoms with Crippen LogP contribution in [0.2, 0.25) is 5.02 Å². The smallest absolute Gasteiger partial charge is 0.269 e. The number of amides is 1. The summed E-state index contributed by atoms with van der Waals surface area (Å²) in [4.78, 5) is 18.1. The third kappa shape index (κ3) is 4.00. The zero-order valence-electron chi connectivity index (χ0n) is 17.8. The van der Waals surface area contributed by atoms with E-state index in [1.807, 2.05) is 34.5 Å². The van der Waals surface area contributed by atoms with Gasteiger partial charge in [-0.1, -0.05) is 73.6 Å². The molecule has 164 valence electrons. The number of anilines is 1. The minimum Gasteiger partial charge on any atom is -0.294 e. The summed E-state index contributed by atoms with van der Waals surface area (Å²) in [7, 11) is 0. The van der Waals surface area contributed by atoms with Crippen molar-refractivity contribution in [3.63, 3.8) is 0 Å². The molecule has 0 bridgehead atoms. The number of rotatable bonds is 5. The third-order valence-electron chi connectivity index (χ3n) is 5.64. The number of nitrogens with zero attached hydrogens (tertiary/aromatic N) is 3. The number of benzene rings is 2. The second-order valence-electron chi connectivity index (χ2n) is 8.15. The summed E-state index contributed by atoms with van der Waals surface area (Å²) in [6, 6.07) is 18.4. The highest BCUT2D eigenvalue weighted by atomic mass is 35.5. The molecule has 0 saturated carbocycles. The molecule has 2 aliphatic heterocycles. The number of hydrogen-bond acceptors (Lipinski definition) is 6. The van der Waals surface area contributed by atoms with Crippen molar-refractivity contribution in [2.45, 2.75) is 38.4 Å². The Hall–Kier alpha value is -2.48. The molecular weight excluding hydrogens is 460 g/mol. The zero-order chi connectivity index (χ0) is 22.2. The first-order valence-corrected chi connectivity index (χ1v) is 12.7. The van der Waals surface area contributed by atoms with Crippen LogP contribution in [0.4, 0.5) is 5.69 Å². The molecule has 2 aromatic carbocycles. The van der Waals surface area contributed by atoms with E-state index in [9.17, 15) is 4.79 Å². The summed E-state index contributed by atoms with van der Waals surface area (Å²) >= 11 is 9.25. The number of carbonyl (C=O) groups is 1. The van der Waals surface area contributed by atoms with Gasteiger partial charge in [-0.05, 0) is 46.2 Å². The molecule has 0 radical (unpaired) electrons. The number of hydrazone groups is 1. The van der Waals surface area contributed by atoms with Crippen molar-refractivity contribution in [1.29, 1.82) is 0 Å². The molecule has 1 atom stereocenters. The third-order valence-corrected chi connectivity index (χ3v) is 7.79. The Bertz CT molecular complexity index is 1170. The fourth-order valence-electron chi connectivity index (χ4n) is 3.91. The molecule has 1 unspecified atom stereocenters. The first kappa shape index (κ1) is 21.4. The van der Waals surface area contributed by atoms with Crippen LogP contribution in [-0.4, -0.2) is 22.3 Å². The van der Waals surface area contributed by atoms with Crippen molar-refractivity contribution in [2.24, 2.45) is 5.10 Å². The molecule has 0 fully saturated rings. The highest BCUT2D eigenvalue weighted by molar-refractivity contribution is 8.13. The van der Waals surface area contributed by atoms with Crippen molar-refractivity contribution in [1.82, 2.24) is 10.3 Å². The molecule has 0 saturated heterocycles. The summed E-state index contributed by atoms with van der Waals surface area (Å²) in [6.07, 6.45) is -0.337. The van der Waals surface area contributed by atoms with Crippen molar-refractivity contribution in [2.75, 3.05) is 4.90 Å². The normalized spacial score (nSPS) is 17.3. The Kier molecular flexibility index (Phi) is 5.88.